The standard InChI is InChI=1S/C7H9N5O2S/c1-8-11-7-10-5-2-3-9-4-6(5)15(13,14)12-7/h2-4,8H,1H3,(H2,10,11,12). The first-order chi connectivity index (χ1) is 7.13. The summed E-state index contributed by atoms with van der Waals surface area (Å²) in [6.45, 7) is 0. The molecule has 15 heavy (non-hydrogen) atoms. The van der Waals surface area contributed by atoms with Gasteiger partial charge in [0.2, 0.25) is 5.96 Å². The molecule has 0 spiro atoms. The molecular formula is C7H9N5O2S. The summed E-state index contributed by atoms with van der Waals surface area (Å²) in [6.07, 6.45) is 2.76. The van der Waals surface area contributed by atoms with Gasteiger partial charge in [0, 0.05) is 19.4 Å². The largest absolute Gasteiger partial charge is 0.323 e. The summed E-state index contributed by atoms with van der Waals surface area (Å²) in [5.74, 6) is 0.135. The minimum Gasteiger partial charge on any atom is -0.323 e. The summed E-state index contributed by atoms with van der Waals surface area (Å²) in [5, 5.41) is 2.81. The minimum atomic E-state index is -3.65. The lowest BCUT2D eigenvalue weighted by Gasteiger charge is -2.17. The predicted octanol–water partition coefficient (Wildman–Crippen LogP) is -0.724. The Kier molecular flexibility index (Phi) is 2.29. The van der Waals surface area contributed by atoms with Gasteiger partial charge in [-0.15, -0.1) is 4.40 Å². The van der Waals surface area contributed by atoms with Crippen LogP contribution in [-0.2, 0) is 10.0 Å². The molecule has 2 heterocycles. The zero-order valence-corrected chi connectivity index (χ0v) is 8.67. The van der Waals surface area contributed by atoms with Crippen LogP contribution in [0.4, 0.5) is 5.69 Å². The summed E-state index contributed by atoms with van der Waals surface area (Å²) >= 11 is 0. The smallest absolute Gasteiger partial charge is 0.289 e. The van der Waals surface area contributed by atoms with Gasteiger partial charge in [-0.05, 0) is 6.07 Å². The monoisotopic (exact) mass is 227 g/mol. The molecular weight excluding hydrogens is 218 g/mol. The maximum absolute atomic E-state index is 11.6. The van der Waals surface area contributed by atoms with E-state index in [1.807, 2.05) is 0 Å². The van der Waals surface area contributed by atoms with Crippen LogP contribution in [0.2, 0.25) is 0 Å². The fraction of sp³-hybridized carbons (Fsp3) is 0.143. The fourth-order valence-corrected chi connectivity index (χ4v) is 2.20. The number of aromatic nitrogens is 1. The van der Waals surface area contributed by atoms with Crippen LogP contribution in [0.1, 0.15) is 0 Å². The van der Waals surface area contributed by atoms with E-state index in [-0.39, 0.29) is 10.9 Å². The number of nitrogens with zero attached hydrogens (tertiary/aromatic N) is 2. The van der Waals surface area contributed by atoms with Crippen molar-refractivity contribution in [1.82, 2.24) is 15.8 Å². The molecule has 0 unspecified atom stereocenters. The third kappa shape index (κ3) is 1.76. The maximum Gasteiger partial charge on any atom is 0.289 e. The highest BCUT2D eigenvalue weighted by atomic mass is 32.2. The highest BCUT2D eigenvalue weighted by molar-refractivity contribution is 7.90. The summed E-state index contributed by atoms with van der Waals surface area (Å²) in [5.41, 5.74) is 5.61. The average Bonchev–Trinajstić information content (AvgIpc) is 2.17. The number of nitrogens with one attached hydrogen (secondary N) is 3. The Morgan fingerprint density at radius 1 is 1.47 bits per heavy atom. The van der Waals surface area contributed by atoms with Gasteiger partial charge < -0.3 is 5.32 Å². The number of hydrogen-bond donors (Lipinski definition) is 3. The van der Waals surface area contributed by atoms with Crippen molar-refractivity contribution in [3.05, 3.63) is 18.5 Å². The Morgan fingerprint density at radius 3 is 3.00 bits per heavy atom. The zero-order chi connectivity index (χ0) is 10.9. The highest BCUT2D eigenvalue weighted by Crippen LogP contribution is 2.24. The summed E-state index contributed by atoms with van der Waals surface area (Å²) < 4.78 is 26.8. The molecule has 0 atom stereocenters. The molecule has 0 aliphatic carbocycles. The molecule has 1 aliphatic rings. The van der Waals surface area contributed by atoms with Crippen LogP contribution in [0.3, 0.4) is 0 Å². The SMILES string of the molecule is CNNC1=NS(=O)(=O)c2cnccc2N1. The Hall–Kier alpha value is -1.67. The van der Waals surface area contributed by atoms with E-state index in [9.17, 15) is 8.42 Å². The van der Waals surface area contributed by atoms with Gasteiger partial charge in [-0.3, -0.25) is 10.4 Å². The topological polar surface area (TPSA) is 95.5 Å². The molecule has 0 bridgehead atoms. The van der Waals surface area contributed by atoms with Crippen molar-refractivity contribution in [1.29, 1.82) is 0 Å². The molecule has 0 aromatic carbocycles. The number of pyridine rings is 1. The normalized spacial score (nSPS) is 17.3. The van der Waals surface area contributed by atoms with E-state index in [1.54, 1.807) is 13.1 Å². The second-order valence-electron chi connectivity index (χ2n) is 2.79. The summed E-state index contributed by atoms with van der Waals surface area (Å²) in [7, 11) is -2.04. The molecule has 1 aromatic heterocycles. The lowest BCUT2D eigenvalue weighted by atomic mass is 10.4. The molecule has 1 aromatic rings. The fourth-order valence-electron chi connectivity index (χ4n) is 1.18. The maximum atomic E-state index is 11.6. The number of guanidine groups is 1. The number of rotatable bonds is 1. The Balaban J connectivity index is 2.50. The lowest BCUT2D eigenvalue weighted by molar-refractivity contribution is 0.596. The molecule has 3 N–H and O–H groups in total. The van der Waals surface area contributed by atoms with Gasteiger partial charge in [0.25, 0.3) is 10.0 Å². The van der Waals surface area contributed by atoms with Gasteiger partial charge in [0.05, 0.1) is 5.69 Å². The minimum absolute atomic E-state index is 0.0756. The van der Waals surface area contributed by atoms with Crippen molar-refractivity contribution in [2.24, 2.45) is 4.40 Å². The van der Waals surface area contributed by atoms with Crippen molar-refractivity contribution < 1.29 is 8.42 Å². The van der Waals surface area contributed by atoms with E-state index < -0.39 is 10.0 Å². The van der Waals surface area contributed by atoms with E-state index in [4.69, 9.17) is 0 Å². The number of anilines is 1. The third-order valence-corrected chi connectivity index (χ3v) is 3.07. The molecule has 0 radical (unpaired) electrons. The van der Waals surface area contributed by atoms with Crippen molar-refractivity contribution in [3.63, 3.8) is 0 Å². The van der Waals surface area contributed by atoms with E-state index in [0.717, 1.165) is 0 Å². The zero-order valence-electron chi connectivity index (χ0n) is 7.85. The molecule has 0 saturated heterocycles. The Morgan fingerprint density at radius 2 is 2.27 bits per heavy atom. The van der Waals surface area contributed by atoms with Crippen LogP contribution >= 0.6 is 0 Å². The second kappa shape index (κ2) is 3.48. The molecule has 7 nitrogen and oxygen atoms in total. The predicted molar refractivity (Wildman–Crippen MR) is 54.7 cm³/mol. The van der Waals surface area contributed by atoms with Gasteiger partial charge in [0.15, 0.2) is 0 Å². The third-order valence-electron chi connectivity index (χ3n) is 1.77. The Bertz CT molecular complexity index is 510. The van der Waals surface area contributed by atoms with Crippen molar-refractivity contribution >= 4 is 21.7 Å². The van der Waals surface area contributed by atoms with Crippen LogP contribution in [-0.4, -0.2) is 26.4 Å². The van der Waals surface area contributed by atoms with Crippen molar-refractivity contribution in [3.8, 4) is 0 Å². The number of fused-ring (bicyclic) bond motifs is 1. The molecule has 0 fully saturated rings. The molecule has 2 rings (SSSR count). The number of hydrogen-bond acceptors (Lipinski definition) is 6. The van der Waals surface area contributed by atoms with Crippen LogP contribution < -0.4 is 16.2 Å². The van der Waals surface area contributed by atoms with Gasteiger partial charge in [-0.2, -0.15) is 8.42 Å². The van der Waals surface area contributed by atoms with Crippen molar-refractivity contribution in [2.75, 3.05) is 12.4 Å². The lowest BCUT2D eigenvalue weighted by Crippen LogP contribution is -2.41. The van der Waals surface area contributed by atoms with Gasteiger partial charge in [-0.25, -0.2) is 5.43 Å². The first-order valence-corrected chi connectivity index (χ1v) is 5.56. The van der Waals surface area contributed by atoms with E-state index in [0.29, 0.717) is 5.69 Å². The van der Waals surface area contributed by atoms with E-state index in [1.165, 1.54) is 12.4 Å². The van der Waals surface area contributed by atoms with Gasteiger partial charge >= 0.3 is 0 Å². The summed E-state index contributed by atoms with van der Waals surface area (Å²) in [6, 6.07) is 1.57. The first-order valence-electron chi connectivity index (χ1n) is 4.12. The van der Waals surface area contributed by atoms with Crippen molar-refractivity contribution in [2.45, 2.75) is 4.90 Å². The summed E-state index contributed by atoms with van der Waals surface area (Å²) in [4.78, 5) is 3.82. The van der Waals surface area contributed by atoms with Crippen LogP contribution in [0.5, 0.6) is 0 Å². The average molecular weight is 227 g/mol. The van der Waals surface area contributed by atoms with E-state index >= 15 is 0 Å². The quantitative estimate of drug-likeness (QED) is 0.548. The molecule has 0 amide bonds. The van der Waals surface area contributed by atoms with E-state index in [2.05, 4.69) is 25.6 Å². The molecule has 1 aliphatic heterocycles. The molecule has 80 valence electrons. The van der Waals surface area contributed by atoms with Crippen LogP contribution in [0.25, 0.3) is 0 Å². The molecule has 8 heteroatoms. The molecule has 0 saturated carbocycles. The second-order valence-corrected chi connectivity index (χ2v) is 4.36. The Labute approximate surface area is 86.7 Å². The first kappa shape index (κ1) is 9.87. The number of sulfonamides is 1. The van der Waals surface area contributed by atoms with Crippen LogP contribution in [0.15, 0.2) is 27.8 Å². The highest BCUT2D eigenvalue weighted by Gasteiger charge is 2.24. The van der Waals surface area contributed by atoms with Gasteiger partial charge in [0.1, 0.15) is 4.90 Å². The van der Waals surface area contributed by atoms with Crippen LogP contribution in [0, 0.1) is 0 Å². The number of hydrazine groups is 1. The van der Waals surface area contributed by atoms with Gasteiger partial charge in [-0.1, -0.05) is 0 Å².